The SMILES string of the molecule is CC1(C)C(=O)Nc2ccccc2N1C(=O)CSc1ccc(Cl)cc1. The molecule has 1 aliphatic heterocycles. The van der Waals surface area contributed by atoms with Crippen LogP contribution in [0.25, 0.3) is 0 Å². The molecule has 1 aliphatic rings. The lowest BCUT2D eigenvalue weighted by atomic mass is 9.96. The van der Waals surface area contributed by atoms with Gasteiger partial charge in [-0.3, -0.25) is 14.5 Å². The fourth-order valence-electron chi connectivity index (χ4n) is 2.64. The zero-order valence-corrected chi connectivity index (χ0v) is 14.9. The molecule has 4 nitrogen and oxygen atoms in total. The number of nitrogens with one attached hydrogen (secondary N) is 1. The number of hydrogen-bond donors (Lipinski definition) is 1. The van der Waals surface area contributed by atoms with Crippen LogP contribution in [0.1, 0.15) is 13.8 Å². The van der Waals surface area contributed by atoms with Crippen LogP contribution in [-0.2, 0) is 9.59 Å². The first-order valence-electron chi connectivity index (χ1n) is 7.51. The Hall–Kier alpha value is -1.98. The summed E-state index contributed by atoms with van der Waals surface area (Å²) in [7, 11) is 0. The quantitative estimate of drug-likeness (QED) is 0.835. The maximum Gasteiger partial charge on any atom is 0.250 e. The Morgan fingerprint density at radius 1 is 1.17 bits per heavy atom. The predicted molar refractivity (Wildman–Crippen MR) is 98.8 cm³/mol. The fourth-order valence-corrected chi connectivity index (χ4v) is 3.51. The number of carbonyl (C=O) groups excluding carboxylic acids is 2. The van der Waals surface area contributed by atoms with Gasteiger partial charge < -0.3 is 5.32 Å². The van der Waals surface area contributed by atoms with Crippen LogP contribution in [0.5, 0.6) is 0 Å². The molecule has 0 aromatic heterocycles. The number of benzene rings is 2. The van der Waals surface area contributed by atoms with Crippen LogP contribution in [0.15, 0.2) is 53.4 Å². The van der Waals surface area contributed by atoms with Gasteiger partial charge in [-0.1, -0.05) is 23.7 Å². The third-order valence-corrected chi connectivity index (χ3v) is 5.18. The highest BCUT2D eigenvalue weighted by atomic mass is 35.5. The molecule has 2 aromatic carbocycles. The first-order valence-corrected chi connectivity index (χ1v) is 8.88. The zero-order chi connectivity index (χ0) is 17.3. The number of carbonyl (C=O) groups is 2. The highest BCUT2D eigenvalue weighted by Crippen LogP contribution is 2.37. The smallest absolute Gasteiger partial charge is 0.250 e. The van der Waals surface area contributed by atoms with Crippen molar-refractivity contribution in [1.82, 2.24) is 0 Å². The summed E-state index contributed by atoms with van der Waals surface area (Å²) in [5.74, 6) is -0.0551. The van der Waals surface area contributed by atoms with E-state index in [0.717, 1.165) is 10.6 Å². The van der Waals surface area contributed by atoms with Crippen molar-refractivity contribution in [3.8, 4) is 0 Å². The molecular formula is C18H17ClN2O2S. The van der Waals surface area contributed by atoms with E-state index in [0.29, 0.717) is 10.7 Å². The van der Waals surface area contributed by atoms with Gasteiger partial charge in [-0.25, -0.2) is 0 Å². The Labute approximate surface area is 150 Å². The van der Waals surface area contributed by atoms with E-state index in [2.05, 4.69) is 5.32 Å². The van der Waals surface area contributed by atoms with Crippen LogP contribution in [0.4, 0.5) is 11.4 Å². The average molecular weight is 361 g/mol. The summed E-state index contributed by atoms with van der Waals surface area (Å²) in [6.45, 7) is 3.51. The van der Waals surface area contributed by atoms with Crippen LogP contribution in [0.2, 0.25) is 5.02 Å². The number of nitrogens with zero attached hydrogens (tertiary/aromatic N) is 1. The first kappa shape index (κ1) is 16.9. The summed E-state index contributed by atoms with van der Waals surface area (Å²) >= 11 is 7.30. The Balaban J connectivity index is 1.84. The second-order valence-electron chi connectivity index (χ2n) is 6.00. The molecule has 6 heteroatoms. The second-order valence-corrected chi connectivity index (χ2v) is 7.49. The van der Waals surface area contributed by atoms with Crippen LogP contribution < -0.4 is 10.2 Å². The Morgan fingerprint density at radius 2 is 1.83 bits per heavy atom. The number of hydrogen-bond acceptors (Lipinski definition) is 3. The number of fused-ring (bicyclic) bond motifs is 1. The monoisotopic (exact) mass is 360 g/mol. The van der Waals surface area contributed by atoms with E-state index in [4.69, 9.17) is 11.6 Å². The van der Waals surface area contributed by atoms with Gasteiger partial charge in [-0.05, 0) is 50.2 Å². The summed E-state index contributed by atoms with van der Waals surface area (Å²) in [5.41, 5.74) is 0.446. The minimum Gasteiger partial charge on any atom is -0.322 e. The van der Waals surface area contributed by atoms with Crippen LogP contribution in [0.3, 0.4) is 0 Å². The second kappa shape index (κ2) is 6.49. The van der Waals surface area contributed by atoms with Gasteiger partial charge in [0.25, 0.3) is 0 Å². The van der Waals surface area contributed by atoms with Gasteiger partial charge in [0.2, 0.25) is 11.8 Å². The van der Waals surface area contributed by atoms with E-state index in [9.17, 15) is 9.59 Å². The molecule has 0 radical (unpaired) electrons. The van der Waals surface area contributed by atoms with Crippen LogP contribution in [0, 0.1) is 0 Å². The van der Waals surface area contributed by atoms with Crippen molar-refractivity contribution >= 4 is 46.6 Å². The maximum atomic E-state index is 12.9. The van der Waals surface area contributed by atoms with E-state index < -0.39 is 5.54 Å². The number of halogens is 1. The largest absolute Gasteiger partial charge is 0.322 e. The molecule has 3 rings (SSSR count). The molecule has 2 amide bonds. The highest BCUT2D eigenvalue weighted by molar-refractivity contribution is 8.00. The molecular weight excluding hydrogens is 344 g/mol. The molecule has 0 fully saturated rings. The molecule has 124 valence electrons. The zero-order valence-electron chi connectivity index (χ0n) is 13.4. The molecule has 0 atom stereocenters. The van der Waals surface area contributed by atoms with Gasteiger partial charge >= 0.3 is 0 Å². The molecule has 0 saturated carbocycles. The third-order valence-electron chi connectivity index (χ3n) is 3.93. The van der Waals surface area contributed by atoms with Crippen molar-refractivity contribution in [2.45, 2.75) is 24.3 Å². The van der Waals surface area contributed by atoms with Gasteiger partial charge in [0.1, 0.15) is 5.54 Å². The van der Waals surface area contributed by atoms with Gasteiger partial charge in [-0.15, -0.1) is 11.8 Å². The normalized spacial score (nSPS) is 15.6. The lowest BCUT2D eigenvalue weighted by molar-refractivity contribution is -0.125. The average Bonchev–Trinajstić information content (AvgIpc) is 2.55. The summed E-state index contributed by atoms with van der Waals surface area (Å²) in [4.78, 5) is 27.8. The van der Waals surface area contributed by atoms with Crippen molar-refractivity contribution in [1.29, 1.82) is 0 Å². The Morgan fingerprint density at radius 3 is 2.54 bits per heavy atom. The molecule has 2 aromatic rings. The number of amides is 2. The van der Waals surface area contributed by atoms with Crippen molar-refractivity contribution in [2.75, 3.05) is 16.0 Å². The fraction of sp³-hybridized carbons (Fsp3) is 0.222. The van der Waals surface area contributed by atoms with Crippen LogP contribution in [-0.4, -0.2) is 23.1 Å². The Bertz CT molecular complexity index is 790. The van der Waals surface area contributed by atoms with Gasteiger partial charge in [0.05, 0.1) is 17.1 Å². The number of para-hydroxylation sites is 2. The molecule has 0 aliphatic carbocycles. The predicted octanol–water partition coefficient (Wildman–Crippen LogP) is 4.20. The molecule has 1 N–H and O–H groups in total. The maximum absolute atomic E-state index is 12.9. The minimum absolute atomic E-state index is 0.109. The van der Waals surface area contributed by atoms with Gasteiger partial charge in [0.15, 0.2) is 0 Å². The minimum atomic E-state index is -0.938. The summed E-state index contributed by atoms with van der Waals surface area (Å²) < 4.78 is 0. The van der Waals surface area contributed by atoms with Crippen molar-refractivity contribution in [3.05, 3.63) is 53.6 Å². The van der Waals surface area contributed by atoms with E-state index in [1.165, 1.54) is 11.8 Å². The summed E-state index contributed by atoms with van der Waals surface area (Å²) in [5, 5.41) is 3.52. The van der Waals surface area contributed by atoms with Crippen molar-refractivity contribution in [2.24, 2.45) is 0 Å². The molecule has 1 heterocycles. The first-order chi connectivity index (χ1) is 11.4. The number of anilines is 2. The van der Waals surface area contributed by atoms with Crippen molar-refractivity contribution < 1.29 is 9.59 Å². The molecule has 0 saturated heterocycles. The van der Waals surface area contributed by atoms with E-state index in [-0.39, 0.29) is 17.6 Å². The third kappa shape index (κ3) is 3.14. The topological polar surface area (TPSA) is 49.4 Å². The lowest BCUT2D eigenvalue weighted by Gasteiger charge is -2.42. The molecule has 24 heavy (non-hydrogen) atoms. The highest BCUT2D eigenvalue weighted by Gasteiger charge is 2.43. The molecule has 0 bridgehead atoms. The van der Waals surface area contributed by atoms with Crippen LogP contribution >= 0.6 is 23.4 Å². The van der Waals surface area contributed by atoms with E-state index >= 15 is 0 Å². The number of thioether (sulfide) groups is 1. The molecule has 0 unspecified atom stereocenters. The van der Waals surface area contributed by atoms with E-state index in [1.807, 2.05) is 30.3 Å². The standard InChI is InChI=1S/C18H17ClN2O2S/c1-18(2)17(23)20-14-5-3-4-6-15(14)21(18)16(22)11-24-13-9-7-12(19)8-10-13/h3-10H,11H2,1-2H3,(H,20,23). The van der Waals surface area contributed by atoms with Gasteiger partial charge in [-0.2, -0.15) is 0 Å². The Kier molecular flexibility index (Phi) is 4.56. The summed E-state index contributed by atoms with van der Waals surface area (Å²) in [6.07, 6.45) is 0. The lowest BCUT2D eigenvalue weighted by Crippen LogP contribution is -2.58. The van der Waals surface area contributed by atoms with Crippen molar-refractivity contribution in [3.63, 3.8) is 0 Å². The van der Waals surface area contributed by atoms with E-state index in [1.54, 1.807) is 36.9 Å². The van der Waals surface area contributed by atoms with Gasteiger partial charge in [0, 0.05) is 9.92 Å². The summed E-state index contributed by atoms with van der Waals surface area (Å²) in [6, 6.07) is 14.7. The molecule has 0 spiro atoms. The number of rotatable bonds is 3.